The van der Waals surface area contributed by atoms with Crippen molar-refractivity contribution in [1.29, 1.82) is 5.41 Å². The van der Waals surface area contributed by atoms with Gasteiger partial charge in [-0.3, -0.25) is 5.41 Å². The molecule has 0 atom stereocenters. The van der Waals surface area contributed by atoms with E-state index in [0.717, 1.165) is 22.9 Å². The van der Waals surface area contributed by atoms with Gasteiger partial charge >= 0.3 is 0 Å². The maximum Gasteiger partial charge on any atom is 0.279 e. The normalized spacial score (nSPS) is 11.4. The Hall–Kier alpha value is -3.26. The molecule has 0 amide bonds. The molecule has 132 valence electrons. The number of hydrogen-bond donors (Lipinski definition) is 3. The Morgan fingerprint density at radius 1 is 1.19 bits per heavy atom. The minimum Gasteiger partial charge on any atom is -0.337 e. The van der Waals surface area contributed by atoms with Gasteiger partial charge in [-0.2, -0.15) is 0 Å². The molecule has 2 heterocycles. The largest absolute Gasteiger partial charge is 0.337 e. The van der Waals surface area contributed by atoms with Crippen LogP contribution >= 0.6 is 0 Å². The van der Waals surface area contributed by atoms with Crippen LogP contribution in [0.4, 0.5) is 8.78 Å². The molecule has 1 aromatic carbocycles. The molecule has 4 N–H and O–H groups in total. The molecular weight excluding hydrogens is 338 g/mol. The van der Waals surface area contributed by atoms with Gasteiger partial charge in [0.15, 0.2) is 0 Å². The molecule has 26 heavy (non-hydrogen) atoms. The summed E-state index contributed by atoms with van der Waals surface area (Å²) in [5.74, 6) is 0.357. The summed E-state index contributed by atoms with van der Waals surface area (Å²) in [5.41, 5.74) is 8.78. The molecule has 3 rings (SSSR count). The Balaban J connectivity index is 1.86. The van der Waals surface area contributed by atoms with Crippen molar-refractivity contribution in [3.63, 3.8) is 0 Å². The molecular formula is C18H16F2N6. The molecule has 8 heteroatoms. The number of benzene rings is 1. The number of rotatable bonds is 6. The van der Waals surface area contributed by atoms with Crippen LogP contribution in [0.3, 0.4) is 0 Å². The van der Waals surface area contributed by atoms with E-state index in [-0.39, 0.29) is 0 Å². The highest BCUT2D eigenvalue weighted by molar-refractivity contribution is 5.97. The van der Waals surface area contributed by atoms with Gasteiger partial charge in [-0.15, -0.1) is 0 Å². The van der Waals surface area contributed by atoms with Crippen LogP contribution in [0.5, 0.6) is 0 Å². The predicted octanol–water partition coefficient (Wildman–Crippen LogP) is 3.29. The van der Waals surface area contributed by atoms with Crippen LogP contribution in [0.1, 0.15) is 11.4 Å². The second kappa shape index (κ2) is 7.75. The fourth-order valence-electron chi connectivity index (χ4n) is 2.31. The molecule has 0 unspecified atom stereocenters. The van der Waals surface area contributed by atoms with Crippen molar-refractivity contribution in [2.24, 2.45) is 5.73 Å². The Kier molecular flexibility index (Phi) is 5.23. The Morgan fingerprint density at radius 3 is 2.77 bits per heavy atom. The van der Waals surface area contributed by atoms with Crippen molar-refractivity contribution in [1.82, 2.24) is 19.9 Å². The highest BCUT2D eigenvalue weighted by Crippen LogP contribution is 2.22. The summed E-state index contributed by atoms with van der Waals surface area (Å²) in [6, 6.07) is 9.55. The van der Waals surface area contributed by atoms with E-state index in [0.29, 0.717) is 23.8 Å². The van der Waals surface area contributed by atoms with E-state index in [1.807, 2.05) is 24.3 Å². The average Bonchev–Trinajstić information content (AvgIpc) is 3.15. The molecule has 6 nitrogen and oxygen atoms in total. The van der Waals surface area contributed by atoms with Crippen molar-refractivity contribution >= 4 is 11.8 Å². The smallest absolute Gasteiger partial charge is 0.279 e. The van der Waals surface area contributed by atoms with Gasteiger partial charge in [-0.25, -0.2) is 23.7 Å². The number of alkyl halides is 2. The predicted molar refractivity (Wildman–Crippen MR) is 95.7 cm³/mol. The second-order valence-corrected chi connectivity index (χ2v) is 5.46. The number of allylic oxidation sites excluding steroid dienone is 1. The third kappa shape index (κ3) is 4.04. The first-order chi connectivity index (χ1) is 12.6. The van der Waals surface area contributed by atoms with E-state index in [4.69, 9.17) is 11.1 Å². The maximum absolute atomic E-state index is 12.3. The van der Waals surface area contributed by atoms with Crippen LogP contribution in [-0.2, 0) is 6.54 Å². The maximum atomic E-state index is 12.3. The third-order valence-electron chi connectivity index (χ3n) is 3.65. The van der Waals surface area contributed by atoms with E-state index < -0.39 is 12.1 Å². The van der Waals surface area contributed by atoms with Gasteiger partial charge in [0.05, 0.1) is 29.0 Å². The molecule has 0 saturated carbocycles. The summed E-state index contributed by atoms with van der Waals surface area (Å²) in [5, 5.41) is 7.11. The van der Waals surface area contributed by atoms with Crippen molar-refractivity contribution in [2.75, 3.05) is 0 Å². The van der Waals surface area contributed by atoms with Gasteiger partial charge < -0.3 is 10.7 Å². The number of halogens is 2. The fraction of sp³-hybridized carbons (Fsp3) is 0.111. The SMILES string of the molecule is N=C(/C=C\c1ncc(-c2cc(-c3cccc(CN)c3)ncn2)[nH]1)C(F)F. The van der Waals surface area contributed by atoms with E-state index in [2.05, 4.69) is 19.9 Å². The quantitative estimate of drug-likeness (QED) is 0.591. The van der Waals surface area contributed by atoms with Crippen LogP contribution in [0.15, 0.2) is 48.9 Å². The topological polar surface area (TPSA) is 104 Å². The van der Waals surface area contributed by atoms with Crippen molar-refractivity contribution in [3.8, 4) is 22.6 Å². The van der Waals surface area contributed by atoms with Crippen molar-refractivity contribution < 1.29 is 8.78 Å². The molecule has 0 spiro atoms. The lowest BCUT2D eigenvalue weighted by atomic mass is 10.1. The van der Waals surface area contributed by atoms with E-state index in [1.165, 1.54) is 12.4 Å². The minimum atomic E-state index is -2.81. The van der Waals surface area contributed by atoms with Crippen LogP contribution < -0.4 is 5.73 Å². The first kappa shape index (κ1) is 17.6. The van der Waals surface area contributed by atoms with Crippen molar-refractivity contribution in [2.45, 2.75) is 13.0 Å². The lowest BCUT2D eigenvalue weighted by Gasteiger charge is -2.04. The van der Waals surface area contributed by atoms with Gasteiger partial charge in [-0.05, 0) is 29.8 Å². The summed E-state index contributed by atoms with van der Waals surface area (Å²) in [4.78, 5) is 15.6. The number of hydrogen-bond acceptors (Lipinski definition) is 5. The molecule has 0 fully saturated rings. The number of aromatic amines is 1. The Labute approximate surface area is 148 Å². The van der Waals surface area contributed by atoms with Crippen LogP contribution in [-0.4, -0.2) is 32.1 Å². The lowest BCUT2D eigenvalue weighted by molar-refractivity contribution is 0.226. The highest BCUT2D eigenvalue weighted by Gasteiger charge is 2.09. The van der Waals surface area contributed by atoms with Gasteiger partial charge in [0.2, 0.25) is 0 Å². The summed E-state index contributed by atoms with van der Waals surface area (Å²) < 4.78 is 24.7. The third-order valence-corrected chi connectivity index (χ3v) is 3.65. The molecule has 0 aliphatic carbocycles. The first-order valence-electron chi connectivity index (χ1n) is 7.78. The van der Waals surface area contributed by atoms with Gasteiger partial charge in [0.25, 0.3) is 6.43 Å². The number of nitrogens with one attached hydrogen (secondary N) is 2. The second-order valence-electron chi connectivity index (χ2n) is 5.46. The number of imidazole rings is 1. The molecule has 0 aliphatic heterocycles. The molecule has 2 aromatic heterocycles. The van der Waals surface area contributed by atoms with Gasteiger partial charge in [0, 0.05) is 12.1 Å². The fourth-order valence-corrected chi connectivity index (χ4v) is 2.31. The van der Waals surface area contributed by atoms with Gasteiger partial charge in [0.1, 0.15) is 12.2 Å². The van der Waals surface area contributed by atoms with Crippen LogP contribution in [0, 0.1) is 5.41 Å². The highest BCUT2D eigenvalue weighted by atomic mass is 19.3. The minimum absolute atomic E-state index is 0.357. The first-order valence-corrected chi connectivity index (χ1v) is 7.78. The number of H-pyrrole nitrogens is 1. The number of aromatic nitrogens is 4. The summed E-state index contributed by atoms with van der Waals surface area (Å²) >= 11 is 0. The zero-order valence-corrected chi connectivity index (χ0v) is 13.7. The van der Waals surface area contributed by atoms with Crippen LogP contribution in [0.25, 0.3) is 28.7 Å². The monoisotopic (exact) mass is 354 g/mol. The summed E-state index contributed by atoms with van der Waals surface area (Å²) in [6.45, 7) is 0.440. The summed E-state index contributed by atoms with van der Waals surface area (Å²) in [6.07, 6.45) is 2.52. The van der Waals surface area contributed by atoms with E-state index in [9.17, 15) is 8.78 Å². The molecule has 0 saturated heterocycles. The number of nitrogens with zero attached hydrogens (tertiary/aromatic N) is 3. The summed E-state index contributed by atoms with van der Waals surface area (Å²) in [7, 11) is 0. The zero-order chi connectivity index (χ0) is 18.5. The van der Waals surface area contributed by atoms with Crippen molar-refractivity contribution in [3.05, 3.63) is 60.3 Å². The lowest BCUT2D eigenvalue weighted by Crippen LogP contribution is -2.03. The van der Waals surface area contributed by atoms with Gasteiger partial charge in [-0.1, -0.05) is 18.2 Å². The van der Waals surface area contributed by atoms with E-state index >= 15 is 0 Å². The molecule has 0 aliphatic rings. The number of nitrogens with two attached hydrogens (primary N) is 1. The standard InChI is InChI=1S/C18H16F2N6/c19-18(20)13(22)4-5-17-23-9-16(26-17)15-7-14(24-10-25-15)12-3-1-2-11(6-12)8-21/h1-7,9-10,18,22H,8,21H2,(H,23,26)/b5-4-,22-13?. The average molecular weight is 354 g/mol. The molecule has 0 bridgehead atoms. The van der Waals surface area contributed by atoms with E-state index in [1.54, 1.807) is 12.3 Å². The Morgan fingerprint density at radius 2 is 2.00 bits per heavy atom. The Bertz CT molecular complexity index is 948. The molecule has 3 aromatic rings. The van der Waals surface area contributed by atoms with Crippen LogP contribution in [0.2, 0.25) is 0 Å². The molecule has 0 radical (unpaired) electrons. The zero-order valence-electron chi connectivity index (χ0n) is 13.7.